The molecule has 0 N–H and O–H groups in total. The van der Waals surface area contributed by atoms with Gasteiger partial charge in [-0.15, -0.1) is 0 Å². The molecule has 4 aromatic rings. The number of benzene rings is 2. The summed E-state index contributed by atoms with van der Waals surface area (Å²) in [5.74, 6) is 1.57. The molecule has 2 aromatic carbocycles. The van der Waals surface area contributed by atoms with Gasteiger partial charge in [-0.25, -0.2) is 9.78 Å². The number of nitrogens with zero attached hydrogens (tertiary/aromatic N) is 3. The van der Waals surface area contributed by atoms with Crippen LogP contribution in [0.15, 0.2) is 59.9 Å². The summed E-state index contributed by atoms with van der Waals surface area (Å²) >= 11 is 8.03. The van der Waals surface area contributed by atoms with E-state index in [-0.39, 0.29) is 12.8 Å². The number of pyridine rings is 1. The van der Waals surface area contributed by atoms with Gasteiger partial charge in [-0.1, -0.05) is 29.4 Å². The molecule has 0 radical (unpaired) electrons. The van der Waals surface area contributed by atoms with Crippen molar-refractivity contribution in [1.82, 2.24) is 14.5 Å². The van der Waals surface area contributed by atoms with Gasteiger partial charge in [0.2, 0.25) is 6.79 Å². The van der Waals surface area contributed by atoms with E-state index in [1.54, 1.807) is 43.1 Å². The fourth-order valence-corrected chi connectivity index (χ4v) is 4.88. The molecule has 0 atom stereocenters. The average molecular weight is 482 g/mol. The second kappa shape index (κ2) is 9.33. The van der Waals surface area contributed by atoms with Gasteiger partial charge in [0.15, 0.2) is 16.7 Å². The Hall–Kier alpha value is -3.23. The van der Waals surface area contributed by atoms with E-state index >= 15 is 0 Å². The fraction of sp³-hybridized carbons (Fsp3) is 0.208. The van der Waals surface area contributed by atoms with Crippen molar-refractivity contribution in [2.45, 2.75) is 24.4 Å². The standard InChI is InChI=1S/C24H20ClN3O4S/c1-2-30-23(29)15-6-7-20-19(9-15)27-24(28(20)12-17-5-3-4-8-26-17)33-13-16-10-21-22(11-18(16)25)32-14-31-21/h3-11H,2,12-14H2,1H3. The topological polar surface area (TPSA) is 75.5 Å². The number of hydrogen-bond acceptors (Lipinski definition) is 7. The van der Waals surface area contributed by atoms with Gasteiger partial charge in [-0.3, -0.25) is 4.98 Å². The van der Waals surface area contributed by atoms with Crippen LogP contribution < -0.4 is 9.47 Å². The van der Waals surface area contributed by atoms with Crippen molar-refractivity contribution >= 4 is 40.4 Å². The Morgan fingerprint density at radius 1 is 1.18 bits per heavy atom. The Bertz CT molecular complexity index is 1330. The number of hydrogen-bond donors (Lipinski definition) is 0. The average Bonchev–Trinajstić information content (AvgIpc) is 3.41. The minimum Gasteiger partial charge on any atom is -0.462 e. The molecule has 3 heterocycles. The summed E-state index contributed by atoms with van der Waals surface area (Å²) in [6.07, 6.45) is 1.77. The molecule has 33 heavy (non-hydrogen) atoms. The number of carbonyl (C=O) groups is 1. The molecule has 0 fully saturated rings. The number of esters is 1. The minimum atomic E-state index is -0.361. The highest BCUT2D eigenvalue weighted by Crippen LogP contribution is 2.39. The number of halogens is 1. The lowest BCUT2D eigenvalue weighted by Gasteiger charge is -2.10. The monoisotopic (exact) mass is 481 g/mol. The molecule has 7 nitrogen and oxygen atoms in total. The summed E-state index contributed by atoms with van der Waals surface area (Å²) in [7, 11) is 0. The van der Waals surface area contributed by atoms with Gasteiger partial charge in [0, 0.05) is 23.0 Å². The van der Waals surface area contributed by atoms with Gasteiger partial charge in [0.1, 0.15) is 0 Å². The molecular weight excluding hydrogens is 462 g/mol. The third-order valence-corrected chi connectivity index (χ3v) is 6.55. The highest BCUT2D eigenvalue weighted by molar-refractivity contribution is 7.98. The molecule has 9 heteroatoms. The van der Waals surface area contributed by atoms with Crippen LogP contribution in [0.5, 0.6) is 11.5 Å². The highest BCUT2D eigenvalue weighted by Gasteiger charge is 2.19. The van der Waals surface area contributed by atoms with Crippen LogP contribution in [-0.4, -0.2) is 33.9 Å². The molecule has 0 saturated carbocycles. The normalized spacial score (nSPS) is 12.3. The van der Waals surface area contributed by atoms with E-state index in [0.717, 1.165) is 27.4 Å². The maximum Gasteiger partial charge on any atom is 0.338 e. The lowest BCUT2D eigenvalue weighted by molar-refractivity contribution is 0.0526. The zero-order valence-corrected chi connectivity index (χ0v) is 19.4. The Morgan fingerprint density at radius 3 is 2.82 bits per heavy atom. The quantitative estimate of drug-likeness (QED) is 0.261. The number of thioether (sulfide) groups is 1. The number of carbonyl (C=O) groups excluding carboxylic acids is 1. The Labute approximate surface area is 199 Å². The minimum absolute atomic E-state index is 0.199. The Morgan fingerprint density at radius 2 is 2.03 bits per heavy atom. The zero-order chi connectivity index (χ0) is 22.8. The molecule has 5 rings (SSSR count). The van der Waals surface area contributed by atoms with E-state index in [4.69, 9.17) is 30.8 Å². The first-order chi connectivity index (χ1) is 16.1. The predicted molar refractivity (Wildman–Crippen MR) is 126 cm³/mol. The van der Waals surface area contributed by atoms with E-state index in [1.165, 1.54) is 0 Å². The number of rotatable bonds is 7. The van der Waals surface area contributed by atoms with Gasteiger partial charge < -0.3 is 18.8 Å². The summed E-state index contributed by atoms with van der Waals surface area (Å²) in [6.45, 7) is 2.86. The number of imidazole rings is 1. The SMILES string of the molecule is CCOC(=O)c1ccc2c(c1)nc(SCc1cc3c(cc1Cl)OCO3)n2Cc1ccccn1. The van der Waals surface area contributed by atoms with E-state index < -0.39 is 0 Å². The summed E-state index contributed by atoms with van der Waals surface area (Å²) in [6, 6.07) is 14.9. The summed E-state index contributed by atoms with van der Waals surface area (Å²) in [5, 5.41) is 1.41. The van der Waals surface area contributed by atoms with Crippen LogP contribution in [0.1, 0.15) is 28.5 Å². The van der Waals surface area contributed by atoms with Crippen LogP contribution in [-0.2, 0) is 17.0 Å². The third kappa shape index (κ3) is 4.49. The van der Waals surface area contributed by atoms with E-state index in [1.807, 2.05) is 30.3 Å². The van der Waals surface area contributed by atoms with Crippen LogP contribution in [0.3, 0.4) is 0 Å². The molecule has 2 aromatic heterocycles. The molecule has 0 unspecified atom stereocenters. The van der Waals surface area contributed by atoms with Crippen molar-refractivity contribution in [2.24, 2.45) is 0 Å². The molecule has 1 aliphatic heterocycles. The van der Waals surface area contributed by atoms with Gasteiger partial charge in [-0.05, 0) is 48.9 Å². The maximum absolute atomic E-state index is 12.2. The van der Waals surface area contributed by atoms with Gasteiger partial charge in [-0.2, -0.15) is 0 Å². The second-order valence-electron chi connectivity index (χ2n) is 7.31. The van der Waals surface area contributed by atoms with Crippen molar-refractivity contribution in [3.63, 3.8) is 0 Å². The van der Waals surface area contributed by atoms with Crippen molar-refractivity contribution in [3.8, 4) is 11.5 Å². The second-order valence-corrected chi connectivity index (χ2v) is 8.66. The first-order valence-electron chi connectivity index (χ1n) is 10.4. The van der Waals surface area contributed by atoms with Crippen LogP contribution in [0.2, 0.25) is 5.02 Å². The molecule has 0 aliphatic carbocycles. The molecule has 1 aliphatic rings. The number of aromatic nitrogens is 3. The van der Waals surface area contributed by atoms with E-state index in [0.29, 0.717) is 41.0 Å². The lowest BCUT2D eigenvalue weighted by Crippen LogP contribution is -2.05. The first kappa shape index (κ1) is 21.6. The molecule has 168 valence electrons. The lowest BCUT2D eigenvalue weighted by atomic mass is 10.2. The highest BCUT2D eigenvalue weighted by atomic mass is 35.5. The van der Waals surface area contributed by atoms with E-state index in [2.05, 4.69) is 9.55 Å². The summed E-state index contributed by atoms with van der Waals surface area (Å²) in [5.41, 5.74) is 3.94. The fourth-order valence-electron chi connectivity index (χ4n) is 3.58. The van der Waals surface area contributed by atoms with Crippen molar-refractivity contribution in [2.75, 3.05) is 13.4 Å². The van der Waals surface area contributed by atoms with Gasteiger partial charge in [0.25, 0.3) is 0 Å². The van der Waals surface area contributed by atoms with Crippen molar-refractivity contribution in [1.29, 1.82) is 0 Å². The van der Waals surface area contributed by atoms with Crippen LogP contribution in [0, 0.1) is 0 Å². The number of ether oxygens (including phenoxy) is 3. The van der Waals surface area contributed by atoms with Crippen molar-refractivity contribution in [3.05, 3.63) is 76.6 Å². The summed E-state index contributed by atoms with van der Waals surface area (Å²) < 4.78 is 18.1. The molecule has 0 amide bonds. The van der Waals surface area contributed by atoms with Gasteiger partial charge in [0.05, 0.1) is 35.4 Å². The molecule has 0 saturated heterocycles. The third-order valence-electron chi connectivity index (χ3n) is 5.17. The maximum atomic E-state index is 12.2. The smallest absolute Gasteiger partial charge is 0.338 e. The number of fused-ring (bicyclic) bond motifs is 2. The summed E-state index contributed by atoms with van der Waals surface area (Å²) in [4.78, 5) is 21.5. The molecule has 0 spiro atoms. The predicted octanol–water partition coefficient (Wildman–Crippen LogP) is 5.33. The Kier molecular flexibility index (Phi) is 6.11. The van der Waals surface area contributed by atoms with E-state index in [9.17, 15) is 4.79 Å². The Balaban J connectivity index is 1.49. The van der Waals surface area contributed by atoms with Crippen LogP contribution in [0.25, 0.3) is 11.0 Å². The van der Waals surface area contributed by atoms with Crippen molar-refractivity contribution < 1.29 is 19.0 Å². The first-order valence-corrected chi connectivity index (χ1v) is 11.8. The molecule has 0 bridgehead atoms. The van der Waals surface area contributed by atoms with Gasteiger partial charge >= 0.3 is 5.97 Å². The zero-order valence-electron chi connectivity index (χ0n) is 17.8. The molecular formula is C24H20ClN3O4S. The van der Waals surface area contributed by atoms with Crippen LogP contribution >= 0.6 is 23.4 Å². The van der Waals surface area contributed by atoms with Crippen LogP contribution in [0.4, 0.5) is 0 Å². The largest absolute Gasteiger partial charge is 0.462 e.